The zero-order valence-electron chi connectivity index (χ0n) is 14.7. The number of hydrogen-bond acceptors (Lipinski definition) is 3. The first-order valence-electron chi connectivity index (χ1n) is 8.90. The molecule has 1 saturated heterocycles. The Bertz CT molecular complexity index is 787. The molecule has 0 amide bonds. The molecule has 4 rings (SSSR count). The van der Waals surface area contributed by atoms with Crippen LogP contribution in [-0.2, 0) is 6.54 Å². The SMILES string of the molecule is Cl.NC[C@@H]1CN(Cc2ccc(-n3cccn3)cc2)C[C@H]1c1ccccc1. The summed E-state index contributed by atoms with van der Waals surface area (Å²) in [4.78, 5) is 2.53. The fraction of sp³-hybridized carbons (Fsp3) is 0.286. The Balaban J connectivity index is 0.00000196. The van der Waals surface area contributed by atoms with Gasteiger partial charge in [-0.2, -0.15) is 5.10 Å². The zero-order valence-corrected chi connectivity index (χ0v) is 15.6. The second kappa shape index (κ2) is 8.49. The Hall–Kier alpha value is -2.14. The molecule has 3 aromatic rings. The third-order valence-electron chi connectivity index (χ3n) is 5.16. The summed E-state index contributed by atoms with van der Waals surface area (Å²) >= 11 is 0. The molecule has 1 aromatic heterocycles. The summed E-state index contributed by atoms with van der Waals surface area (Å²) in [5.74, 6) is 1.07. The van der Waals surface area contributed by atoms with E-state index in [0.717, 1.165) is 31.9 Å². The first kappa shape index (κ1) is 18.6. The minimum atomic E-state index is 0. The Labute approximate surface area is 161 Å². The van der Waals surface area contributed by atoms with Gasteiger partial charge in [-0.05, 0) is 41.8 Å². The van der Waals surface area contributed by atoms with E-state index >= 15 is 0 Å². The predicted octanol–water partition coefficient (Wildman–Crippen LogP) is 3.47. The van der Waals surface area contributed by atoms with E-state index in [-0.39, 0.29) is 12.4 Å². The van der Waals surface area contributed by atoms with Gasteiger partial charge in [-0.3, -0.25) is 4.90 Å². The first-order chi connectivity index (χ1) is 12.3. The van der Waals surface area contributed by atoms with Gasteiger partial charge in [-0.25, -0.2) is 4.68 Å². The quantitative estimate of drug-likeness (QED) is 0.750. The van der Waals surface area contributed by atoms with Gasteiger partial charge in [0.2, 0.25) is 0 Å². The van der Waals surface area contributed by atoms with Crippen LogP contribution in [0.2, 0.25) is 0 Å². The number of aromatic nitrogens is 2. The van der Waals surface area contributed by atoms with E-state index in [4.69, 9.17) is 5.73 Å². The van der Waals surface area contributed by atoms with E-state index in [1.165, 1.54) is 11.1 Å². The van der Waals surface area contributed by atoms with Crippen LogP contribution in [0.15, 0.2) is 73.1 Å². The van der Waals surface area contributed by atoms with E-state index < -0.39 is 0 Å². The van der Waals surface area contributed by atoms with Crippen molar-refractivity contribution in [3.05, 3.63) is 84.2 Å². The van der Waals surface area contributed by atoms with E-state index in [2.05, 4.69) is 64.6 Å². The maximum absolute atomic E-state index is 6.05. The smallest absolute Gasteiger partial charge is 0.0645 e. The fourth-order valence-electron chi connectivity index (χ4n) is 3.84. The molecule has 2 N–H and O–H groups in total. The van der Waals surface area contributed by atoms with Crippen molar-refractivity contribution in [2.45, 2.75) is 12.5 Å². The van der Waals surface area contributed by atoms with E-state index in [0.29, 0.717) is 11.8 Å². The number of nitrogens with zero attached hydrogens (tertiary/aromatic N) is 3. The molecule has 0 saturated carbocycles. The van der Waals surface area contributed by atoms with E-state index in [9.17, 15) is 0 Å². The second-order valence-corrected chi connectivity index (χ2v) is 6.82. The molecule has 5 heteroatoms. The molecular weight excluding hydrogens is 344 g/mol. The van der Waals surface area contributed by atoms with E-state index in [1.54, 1.807) is 6.20 Å². The fourth-order valence-corrected chi connectivity index (χ4v) is 3.84. The zero-order chi connectivity index (χ0) is 17.1. The summed E-state index contributed by atoms with van der Waals surface area (Å²) in [5, 5.41) is 4.28. The van der Waals surface area contributed by atoms with Crippen LogP contribution in [0.3, 0.4) is 0 Å². The summed E-state index contributed by atoms with van der Waals surface area (Å²) < 4.78 is 1.88. The van der Waals surface area contributed by atoms with Crippen LogP contribution in [0.5, 0.6) is 0 Å². The summed E-state index contributed by atoms with van der Waals surface area (Å²) in [5.41, 5.74) is 9.89. The van der Waals surface area contributed by atoms with Crippen LogP contribution >= 0.6 is 12.4 Å². The highest BCUT2D eigenvalue weighted by Gasteiger charge is 2.32. The van der Waals surface area contributed by atoms with Gasteiger partial charge in [-0.15, -0.1) is 12.4 Å². The molecule has 4 nitrogen and oxygen atoms in total. The lowest BCUT2D eigenvalue weighted by atomic mass is 9.89. The number of likely N-dealkylation sites (tertiary alicyclic amines) is 1. The molecule has 1 aliphatic heterocycles. The average Bonchev–Trinajstić information content (AvgIpc) is 3.33. The molecular formula is C21H25ClN4. The van der Waals surface area contributed by atoms with Gasteiger partial charge in [0.1, 0.15) is 0 Å². The lowest BCUT2D eigenvalue weighted by Gasteiger charge is -2.17. The van der Waals surface area contributed by atoms with Crippen molar-refractivity contribution >= 4 is 12.4 Å². The molecule has 136 valence electrons. The van der Waals surface area contributed by atoms with Crippen LogP contribution in [0, 0.1) is 5.92 Å². The third kappa shape index (κ3) is 3.98. The van der Waals surface area contributed by atoms with Crippen molar-refractivity contribution in [1.82, 2.24) is 14.7 Å². The number of rotatable bonds is 5. The van der Waals surface area contributed by atoms with Gasteiger partial charge < -0.3 is 5.73 Å². The van der Waals surface area contributed by atoms with Gasteiger partial charge in [-0.1, -0.05) is 42.5 Å². The Morgan fingerprint density at radius 3 is 2.38 bits per heavy atom. The molecule has 0 radical (unpaired) electrons. The second-order valence-electron chi connectivity index (χ2n) is 6.82. The molecule has 2 atom stereocenters. The normalized spacial score (nSPS) is 20.0. The Kier molecular flexibility index (Phi) is 6.09. The minimum absolute atomic E-state index is 0. The average molecular weight is 369 g/mol. The van der Waals surface area contributed by atoms with Gasteiger partial charge >= 0.3 is 0 Å². The summed E-state index contributed by atoms with van der Waals surface area (Å²) in [7, 11) is 0. The van der Waals surface area contributed by atoms with Crippen LogP contribution in [0.1, 0.15) is 17.0 Å². The number of benzene rings is 2. The lowest BCUT2D eigenvalue weighted by molar-refractivity contribution is 0.317. The van der Waals surface area contributed by atoms with Crippen molar-refractivity contribution in [3.63, 3.8) is 0 Å². The summed E-state index contributed by atoms with van der Waals surface area (Å²) in [6, 6.07) is 21.4. The summed E-state index contributed by atoms with van der Waals surface area (Å²) in [6.07, 6.45) is 3.76. The lowest BCUT2D eigenvalue weighted by Crippen LogP contribution is -2.23. The minimum Gasteiger partial charge on any atom is -0.330 e. The van der Waals surface area contributed by atoms with Crippen LogP contribution in [0.25, 0.3) is 5.69 Å². The van der Waals surface area contributed by atoms with E-state index in [1.807, 2.05) is 16.9 Å². The molecule has 2 aromatic carbocycles. The predicted molar refractivity (Wildman–Crippen MR) is 108 cm³/mol. The van der Waals surface area contributed by atoms with Crippen molar-refractivity contribution in [2.24, 2.45) is 11.7 Å². The molecule has 0 spiro atoms. The highest BCUT2D eigenvalue weighted by molar-refractivity contribution is 5.85. The van der Waals surface area contributed by atoms with Crippen LogP contribution in [-0.4, -0.2) is 34.3 Å². The molecule has 0 aliphatic carbocycles. The number of nitrogens with two attached hydrogens (primary N) is 1. The molecule has 0 bridgehead atoms. The van der Waals surface area contributed by atoms with Crippen LogP contribution < -0.4 is 5.73 Å². The Morgan fingerprint density at radius 1 is 0.962 bits per heavy atom. The van der Waals surface area contributed by atoms with Gasteiger partial charge in [0.25, 0.3) is 0 Å². The van der Waals surface area contributed by atoms with Crippen LogP contribution in [0.4, 0.5) is 0 Å². The first-order valence-corrected chi connectivity index (χ1v) is 8.90. The largest absolute Gasteiger partial charge is 0.330 e. The molecule has 26 heavy (non-hydrogen) atoms. The van der Waals surface area contributed by atoms with Crippen molar-refractivity contribution in [3.8, 4) is 5.69 Å². The van der Waals surface area contributed by atoms with Crippen molar-refractivity contribution in [1.29, 1.82) is 0 Å². The van der Waals surface area contributed by atoms with Crippen molar-refractivity contribution < 1.29 is 0 Å². The summed E-state index contributed by atoms with van der Waals surface area (Å²) in [6.45, 7) is 3.86. The number of halogens is 1. The molecule has 1 fully saturated rings. The monoisotopic (exact) mass is 368 g/mol. The highest BCUT2D eigenvalue weighted by atomic mass is 35.5. The van der Waals surface area contributed by atoms with Gasteiger partial charge in [0.05, 0.1) is 5.69 Å². The Morgan fingerprint density at radius 2 is 1.73 bits per heavy atom. The maximum atomic E-state index is 6.05. The van der Waals surface area contributed by atoms with Gasteiger partial charge in [0.15, 0.2) is 0 Å². The standard InChI is InChI=1S/C21H24N4.ClH/c22-13-19-15-24(16-21(19)18-5-2-1-3-6-18)14-17-7-9-20(10-8-17)25-12-4-11-23-25;/h1-12,19,21H,13-16,22H2;1H/t19-,21+;/m1./s1. The maximum Gasteiger partial charge on any atom is 0.0645 e. The van der Waals surface area contributed by atoms with Crippen molar-refractivity contribution in [2.75, 3.05) is 19.6 Å². The molecule has 0 unspecified atom stereocenters. The number of hydrogen-bond donors (Lipinski definition) is 1. The topological polar surface area (TPSA) is 47.1 Å². The highest BCUT2D eigenvalue weighted by Crippen LogP contribution is 2.32. The third-order valence-corrected chi connectivity index (χ3v) is 5.16. The molecule has 2 heterocycles. The molecule has 1 aliphatic rings. The van der Waals surface area contributed by atoms with Gasteiger partial charge in [0, 0.05) is 37.9 Å².